The van der Waals surface area contributed by atoms with Gasteiger partial charge in [0.2, 0.25) is 5.91 Å². The number of nitrogens with zero attached hydrogens (tertiary/aromatic N) is 1. The molecule has 1 unspecified atom stereocenters. The van der Waals surface area contributed by atoms with E-state index >= 15 is 0 Å². The minimum atomic E-state index is -0.386. The SMILES string of the molecule is CCCC1CC(=O)N(C(=O)c2ccc(F)cc2)C1. The molecule has 2 rings (SSSR count). The van der Waals surface area contributed by atoms with E-state index in [0.29, 0.717) is 18.5 Å². The third-order valence-corrected chi connectivity index (χ3v) is 3.24. The van der Waals surface area contributed by atoms with Crippen molar-refractivity contribution in [1.29, 1.82) is 0 Å². The summed E-state index contributed by atoms with van der Waals surface area (Å²) < 4.78 is 12.8. The quantitative estimate of drug-likeness (QED) is 0.772. The fraction of sp³-hybridized carbons (Fsp3) is 0.429. The van der Waals surface area contributed by atoms with Crippen LogP contribution in [0.1, 0.15) is 36.5 Å². The summed E-state index contributed by atoms with van der Waals surface area (Å²) in [7, 11) is 0. The smallest absolute Gasteiger partial charge is 0.260 e. The molecule has 2 amide bonds. The predicted molar refractivity (Wildman–Crippen MR) is 65.5 cm³/mol. The van der Waals surface area contributed by atoms with Gasteiger partial charge in [-0.3, -0.25) is 14.5 Å². The van der Waals surface area contributed by atoms with Crippen molar-refractivity contribution < 1.29 is 14.0 Å². The lowest BCUT2D eigenvalue weighted by Crippen LogP contribution is -2.32. The summed E-state index contributed by atoms with van der Waals surface area (Å²) in [6, 6.07) is 5.30. The molecule has 1 heterocycles. The highest BCUT2D eigenvalue weighted by atomic mass is 19.1. The number of benzene rings is 1. The molecular formula is C14H16FNO2. The van der Waals surface area contributed by atoms with Gasteiger partial charge in [0.25, 0.3) is 5.91 Å². The number of imide groups is 1. The predicted octanol–water partition coefficient (Wildman–Crippen LogP) is 2.61. The number of hydrogen-bond donors (Lipinski definition) is 0. The van der Waals surface area contributed by atoms with Crippen molar-refractivity contribution in [2.24, 2.45) is 5.92 Å². The van der Waals surface area contributed by atoms with Crippen LogP contribution >= 0.6 is 0 Å². The molecule has 1 aliphatic rings. The minimum Gasteiger partial charge on any atom is -0.278 e. The van der Waals surface area contributed by atoms with E-state index in [1.165, 1.54) is 29.2 Å². The Morgan fingerprint density at radius 2 is 2.06 bits per heavy atom. The number of rotatable bonds is 3. The first-order valence-corrected chi connectivity index (χ1v) is 6.22. The first-order valence-electron chi connectivity index (χ1n) is 6.22. The average molecular weight is 249 g/mol. The molecule has 0 saturated carbocycles. The van der Waals surface area contributed by atoms with Gasteiger partial charge < -0.3 is 0 Å². The summed E-state index contributed by atoms with van der Waals surface area (Å²) in [4.78, 5) is 25.2. The first kappa shape index (κ1) is 12.7. The molecule has 96 valence electrons. The van der Waals surface area contributed by atoms with Crippen LogP contribution in [0.5, 0.6) is 0 Å². The summed E-state index contributed by atoms with van der Waals surface area (Å²) >= 11 is 0. The van der Waals surface area contributed by atoms with E-state index in [1.807, 2.05) is 0 Å². The Labute approximate surface area is 106 Å². The molecule has 0 spiro atoms. The molecule has 0 radical (unpaired) electrons. The van der Waals surface area contributed by atoms with Gasteiger partial charge in [-0.05, 0) is 36.6 Å². The third kappa shape index (κ3) is 2.58. The van der Waals surface area contributed by atoms with Crippen molar-refractivity contribution in [1.82, 2.24) is 4.90 Å². The number of carbonyl (C=O) groups is 2. The van der Waals surface area contributed by atoms with Gasteiger partial charge in [0.05, 0.1) is 0 Å². The maximum atomic E-state index is 12.8. The van der Waals surface area contributed by atoms with Crippen LogP contribution in [0.2, 0.25) is 0 Å². The van der Waals surface area contributed by atoms with Crippen LogP contribution in [-0.4, -0.2) is 23.3 Å². The van der Waals surface area contributed by atoms with E-state index in [0.717, 1.165) is 12.8 Å². The minimum absolute atomic E-state index is 0.122. The van der Waals surface area contributed by atoms with Crippen molar-refractivity contribution in [3.63, 3.8) is 0 Å². The van der Waals surface area contributed by atoms with Crippen LogP contribution in [0.4, 0.5) is 4.39 Å². The number of hydrogen-bond acceptors (Lipinski definition) is 2. The van der Waals surface area contributed by atoms with Gasteiger partial charge in [-0.1, -0.05) is 13.3 Å². The first-order chi connectivity index (χ1) is 8.61. The Morgan fingerprint density at radius 1 is 1.39 bits per heavy atom. The number of halogens is 1. The molecule has 18 heavy (non-hydrogen) atoms. The van der Waals surface area contributed by atoms with Crippen molar-refractivity contribution in [3.8, 4) is 0 Å². The van der Waals surface area contributed by atoms with Gasteiger partial charge >= 0.3 is 0 Å². The number of likely N-dealkylation sites (tertiary alicyclic amines) is 1. The van der Waals surface area contributed by atoms with E-state index in [9.17, 15) is 14.0 Å². The molecule has 3 nitrogen and oxygen atoms in total. The molecule has 1 fully saturated rings. The molecule has 1 atom stereocenters. The van der Waals surface area contributed by atoms with Crippen molar-refractivity contribution >= 4 is 11.8 Å². The zero-order valence-electron chi connectivity index (χ0n) is 10.4. The van der Waals surface area contributed by atoms with Crippen molar-refractivity contribution in [2.45, 2.75) is 26.2 Å². The molecule has 1 saturated heterocycles. The van der Waals surface area contributed by atoms with Crippen molar-refractivity contribution in [2.75, 3.05) is 6.54 Å². The highest BCUT2D eigenvalue weighted by Gasteiger charge is 2.33. The van der Waals surface area contributed by atoms with Crippen LogP contribution in [0.15, 0.2) is 24.3 Å². The van der Waals surface area contributed by atoms with E-state index in [-0.39, 0.29) is 23.5 Å². The maximum Gasteiger partial charge on any atom is 0.260 e. The Kier molecular flexibility index (Phi) is 3.75. The molecule has 0 bridgehead atoms. The second-order valence-electron chi connectivity index (χ2n) is 4.68. The molecule has 1 aliphatic heterocycles. The highest BCUT2D eigenvalue weighted by molar-refractivity contribution is 6.05. The van der Waals surface area contributed by atoms with E-state index in [1.54, 1.807) is 0 Å². The fourth-order valence-electron chi connectivity index (χ4n) is 2.33. The fourth-order valence-corrected chi connectivity index (χ4v) is 2.33. The summed E-state index contributed by atoms with van der Waals surface area (Å²) in [5, 5.41) is 0. The molecule has 0 N–H and O–H groups in total. The molecule has 1 aromatic rings. The van der Waals surface area contributed by atoms with Crippen LogP contribution in [-0.2, 0) is 4.79 Å². The van der Waals surface area contributed by atoms with Crippen LogP contribution in [0.25, 0.3) is 0 Å². The summed E-state index contributed by atoms with van der Waals surface area (Å²) in [5.74, 6) is -0.559. The second-order valence-corrected chi connectivity index (χ2v) is 4.68. The molecule has 4 heteroatoms. The number of carbonyl (C=O) groups excluding carboxylic acids is 2. The maximum absolute atomic E-state index is 12.8. The molecule has 0 aliphatic carbocycles. The average Bonchev–Trinajstić information content (AvgIpc) is 2.71. The van der Waals surface area contributed by atoms with Gasteiger partial charge in [-0.2, -0.15) is 0 Å². The zero-order chi connectivity index (χ0) is 13.1. The standard InChI is InChI=1S/C14H16FNO2/c1-2-3-10-8-13(17)16(9-10)14(18)11-4-6-12(15)7-5-11/h4-7,10H,2-3,8-9H2,1H3. The zero-order valence-corrected chi connectivity index (χ0v) is 10.4. The largest absolute Gasteiger partial charge is 0.278 e. The van der Waals surface area contributed by atoms with Crippen LogP contribution in [0.3, 0.4) is 0 Å². The lowest BCUT2D eigenvalue weighted by atomic mass is 10.0. The highest BCUT2D eigenvalue weighted by Crippen LogP contribution is 2.23. The van der Waals surface area contributed by atoms with Crippen LogP contribution < -0.4 is 0 Å². The lowest BCUT2D eigenvalue weighted by molar-refractivity contribution is -0.125. The van der Waals surface area contributed by atoms with E-state index in [4.69, 9.17) is 0 Å². The molecule has 1 aromatic carbocycles. The Morgan fingerprint density at radius 3 is 2.67 bits per heavy atom. The lowest BCUT2D eigenvalue weighted by Gasteiger charge is -2.14. The topological polar surface area (TPSA) is 37.4 Å². The number of amides is 2. The summed E-state index contributed by atoms with van der Waals surface area (Å²) in [6.45, 7) is 2.55. The van der Waals surface area contributed by atoms with Crippen LogP contribution in [0, 0.1) is 11.7 Å². The Bertz CT molecular complexity index is 455. The summed E-state index contributed by atoms with van der Waals surface area (Å²) in [5.41, 5.74) is 0.363. The van der Waals surface area contributed by atoms with Gasteiger partial charge in [-0.15, -0.1) is 0 Å². The van der Waals surface area contributed by atoms with Gasteiger partial charge in [-0.25, -0.2) is 4.39 Å². The molecular weight excluding hydrogens is 233 g/mol. The Balaban J connectivity index is 2.10. The van der Waals surface area contributed by atoms with Gasteiger partial charge in [0.15, 0.2) is 0 Å². The second kappa shape index (κ2) is 5.29. The monoisotopic (exact) mass is 249 g/mol. The van der Waals surface area contributed by atoms with E-state index < -0.39 is 0 Å². The van der Waals surface area contributed by atoms with Crippen molar-refractivity contribution in [3.05, 3.63) is 35.6 Å². The summed E-state index contributed by atoms with van der Waals surface area (Å²) in [6.07, 6.45) is 2.41. The van der Waals surface area contributed by atoms with Gasteiger partial charge in [0.1, 0.15) is 5.82 Å². The normalized spacial score (nSPS) is 19.3. The van der Waals surface area contributed by atoms with E-state index in [2.05, 4.69) is 6.92 Å². The van der Waals surface area contributed by atoms with Gasteiger partial charge in [0, 0.05) is 18.5 Å². The Hall–Kier alpha value is -1.71. The molecule has 0 aromatic heterocycles. The third-order valence-electron chi connectivity index (χ3n) is 3.24.